The highest BCUT2D eigenvalue weighted by Gasteiger charge is 2.17. The topological polar surface area (TPSA) is 23.5 Å². The van der Waals surface area contributed by atoms with E-state index in [4.69, 9.17) is 0 Å². The molecule has 0 heterocycles. The van der Waals surface area contributed by atoms with Gasteiger partial charge in [0.1, 0.15) is 0 Å². The van der Waals surface area contributed by atoms with E-state index in [0.717, 1.165) is 24.4 Å². The van der Waals surface area contributed by atoms with Crippen molar-refractivity contribution < 1.29 is 5.11 Å². The Morgan fingerprint density at radius 2 is 1.94 bits per heavy atom. The van der Waals surface area contributed by atoms with Crippen LogP contribution < -0.4 is 0 Å². The summed E-state index contributed by atoms with van der Waals surface area (Å²) >= 11 is 1.86. The Bertz CT molecular complexity index is 304. The van der Waals surface area contributed by atoms with Gasteiger partial charge in [0, 0.05) is 18.8 Å². The predicted molar refractivity (Wildman–Crippen MR) is 76.4 cm³/mol. The van der Waals surface area contributed by atoms with Crippen molar-refractivity contribution in [2.45, 2.75) is 13.0 Å². The predicted octanol–water partition coefficient (Wildman–Crippen LogP) is 2.65. The van der Waals surface area contributed by atoms with Crippen molar-refractivity contribution in [1.29, 1.82) is 0 Å². The Kier molecular flexibility index (Phi) is 6.63. The number of hydrogen-bond donors (Lipinski definition) is 1. The summed E-state index contributed by atoms with van der Waals surface area (Å²) in [6.45, 7) is 4.11. The Labute approximate surface area is 109 Å². The molecule has 17 heavy (non-hydrogen) atoms. The van der Waals surface area contributed by atoms with Crippen molar-refractivity contribution in [3.63, 3.8) is 0 Å². The van der Waals surface area contributed by atoms with Crippen molar-refractivity contribution in [3.05, 3.63) is 35.9 Å². The average Bonchev–Trinajstić information content (AvgIpc) is 2.36. The molecule has 0 aliphatic rings. The standard InChI is InChI=1S/C14H23NOS/c1-12(11-15(2)9-10-17-3)14(16)13-7-5-4-6-8-13/h4-8,12,14,16H,9-11H2,1-3H3. The molecule has 3 heteroatoms. The number of hydrogen-bond acceptors (Lipinski definition) is 3. The molecule has 2 unspecified atom stereocenters. The molecule has 1 aromatic carbocycles. The fourth-order valence-electron chi connectivity index (χ4n) is 1.91. The molecule has 0 bridgehead atoms. The lowest BCUT2D eigenvalue weighted by atomic mass is 9.97. The maximum Gasteiger partial charge on any atom is 0.0827 e. The van der Waals surface area contributed by atoms with Crippen LogP contribution in [0.1, 0.15) is 18.6 Å². The Morgan fingerprint density at radius 3 is 2.53 bits per heavy atom. The molecule has 0 saturated heterocycles. The van der Waals surface area contributed by atoms with Crippen molar-refractivity contribution in [2.75, 3.05) is 32.1 Å². The van der Waals surface area contributed by atoms with E-state index in [1.165, 1.54) is 0 Å². The van der Waals surface area contributed by atoms with Crippen molar-refractivity contribution in [2.24, 2.45) is 5.92 Å². The van der Waals surface area contributed by atoms with Gasteiger partial charge in [-0.25, -0.2) is 0 Å². The third kappa shape index (κ3) is 5.11. The lowest BCUT2D eigenvalue weighted by Crippen LogP contribution is -2.29. The third-order valence-electron chi connectivity index (χ3n) is 2.96. The summed E-state index contributed by atoms with van der Waals surface area (Å²) in [6, 6.07) is 9.91. The van der Waals surface area contributed by atoms with Crippen LogP contribution in [-0.2, 0) is 0 Å². The summed E-state index contributed by atoms with van der Waals surface area (Å²) in [5.41, 5.74) is 1.01. The van der Waals surface area contributed by atoms with Crippen molar-refractivity contribution >= 4 is 11.8 Å². The highest BCUT2D eigenvalue weighted by molar-refractivity contribution is 7.98. The molecule has 2 atom stereocenters. The summed E-state index contributed by atoms with van der Waals surface area (Å²) in [7, 11) is 2.12. The molecule has 0 aliphatic heterocycles. The molecular weight excluding hydrogens is 230 g/mol. The van der Waals surface area contributed by atoms with E-state index in [1.54, 1.807) is 0 Å². The zero-order valence-corrected chi connectivity index (χ0v) is 11.8. The first-order valence-corrected chi connectivity index (χ1v) is 7.45. The molecule has 0 aromatic heterocycles. The lowest BCUT2D eigenvalue weighted by Gasteiger charge is -2.25. The van der Waals surface area contributed by atoms with E-state index in [-0.39, 0.29) is 12.0 Å². The van der Waals surface area contributed by atoms with Crippen molar-refractivity contribution in [3.8, 4) is 0 Å². The van der Waals surface area contributed by atoms with Crippen molar-refractivity contribution in [1.82, 2.24) is 4.90 Å². The van der Waals surface area contributed by atoms with Gasteiger partial charge in [0.15, 0.2) is 0 Å². The zero-order valence-electron chi connectivity index (χ0n) is 11.0. The highest BCUT2D eigenvalue weighted by atomic mass is 32.2. The molecule has 0 aliphatic carbocycles. The summed E-state index contributed by atoms with van der Waals surface area (Å²) < 4.78 is 0. The van der Waals surface area contributed by atoms with Crippen LogP contribution in [0.5, 0.6) is 0 Å². The van der Waals surface area contributed by atoms with Crippen LogP contribution >= 0.6 is 11.8 Å². The summed E-state index contributed by atoms with van der Waals surface area (Å²) in [4.78, 5) is 2.29. The number of thioether (sulfide) groups is 1. The molecule has 0 amide bonds. The Balaban J connectivity index is 2.44. The molecule has 1 rings (SSSR count). The average molecular weight is 253 g/mol. The normalized spacial score (nSPS) is 14.9. The first kappa shape index (κ1) is 14.6. The van der Waals surface area contributed by atoms with Crippen LogP contribution in [0.25, 0.3) is 0 Å². The number of rotatable bonds is 7. The Hall–Kier alpha value is -0.510. The van der Waals surface area contributed by atoms with Gasteiger partial charge in [-0.05, 0) is 24.8 Å². The van der Waals surface area contributed by atoms with E-state index >= 15 is 0 Å². The van der Waals surface area contributed by atoms with Crippen LogP contribution in [0, 0.1) is 5.92 Å². The largest absolute Gasteiger partial charge is 0.388 e. The van der Waals surface area contributed by atoms with Crippen LogP contribution in [0.2, 0.25) is 0 Å². The molecule has 1 N–H and O–H groups in total. The first-order valence-electron chi connectivity index (χ1n) is 6.05. The second kappa shape index (κ2) is 7.75. The van der Waals surface area contributed by atoms with Crippen LogP contribution in [0.3, 0.4) is 0 Å². The quantitative estimate of drug-likeness (QED) is 0.808. The second-order valence-corrected chi connectivity index (χ2v) is 5.57. The summed E-state index contributed by atoms with van der Waals surface area (Å²) in [5.74, 6) is 1.40. The van der Waals surface area contributed by atoms with Gasteiger partial charge >= 0.3 is 0 Å². The van der Waals surface area contributed by atoms with E-state index < -0.39 is 0 Å². The van der Waals surface area contributed by atoms with Gasteiger partial charge in [-0.3, -0.25) is 0 Å². The number of aliphatic hydroxyl groups excluding tert-OH is 1. The van der Waals surface area contributed by atoms with Gasteiger partial charge in [0.25, 0.3) is 0 Å². The Morgan fingerprint density at radius 1 is 1.29 bits per heavy atom. The number of benzene rings is 1. The monoisotopic (exact) mass is 253 g/mol. The zero-order chi connectivity index (χ0) is 12.7. The molecule has 0 saturated carbocycles. The summed E-state index contributed by atoms with van der Waals surface area (Å²) in [6.07, 6.45) is 1.75. The van der Waals surface area contributed by atoms with Crippen LogP contribution in [0.15, 0.2) is 30.3 Å². The number of aliphatic hydroxyl groups is 1. The third-order valence-corrected chi connectivity index (χ3v) is 3.55. The maximum atomic E-state index is 10.2. The molecule has 0 radical (unpaired) electrons. The highest BCUT2D eigenvalue weighted by Crippen LogP contribution is 2.21. The smallest absolute Gasteiger partial charge is 0.0827 e. The molecule has 0 spiro atoms. The molecule has 0 fully saturated rings. The minimum Gasteiger partial charge on any atom is -0.388 e. The van der Waals surface area contributed by atoms with Gasteiger partial charge < -0.3 is 10.0 Å². The minimum absolute atomic E-state index is 0.254. The van der Waals surface area contributed by atoms with E-state index in [9.17, 15) is 5.11 Å². The number of nitrogens with zero attached hydrogens (tertiary/aromatic N) is 1. The van der Waals surface area contributed by atoms with E-state index in [2.05, 4.69) is 25.1 Å². The minimum atomic E-state index is -0.368. The molecule has 2 nitrogen and oxygen atoms in total. The first-order chi connectivity index (χ1) is 8.15. The SMILES string of the molecule is CSCCN(C)CC(C)C(O)c1ccccc1. The lowest BCUT2D eigenvalue weighted by molar-refractivity contribution is 0.0964. The summed E-state index contributed by atoms with van der Waals surface area (Å²) in [5, 5.41) is 10.2. The van der Waals surface area contributed by atoms with Gasteiger partial charge in [0.2, 0.25) is 0 Å². The maximum absolute atomic E-state index is 10.2. The second-order valence-electron chi connectivity index (χ2n) is 4.59. The van der Waals surface area contributed by atoms with Crippen LogP contribution in [0.4, 0.5) is 0 Å². The molecular formula is C14H23NOS. The van der Waals surface area contributed by atoms with E-state index in [1.807, 2.05) is 42.1 Å². The fraction of sp³-hybridized carbons (Fsp3) is 0.571. The van der Waals surface area contributed by atoms with E-state index in [0.29, 0.717) is 0 Å². The molecule has 96 valence electrons. The van der Waals surface area contributed by atoms with Gasteiger partial charge in [-0.1, -0.05) is 37.3 Å². The molecule has 1 aromatic rings. The van der Waals surface area contributed by atoms with Crippen LogP contribution in [-0.4, -0.2) is 42.2 Å². The van der Waals surface area contributed by atoms with Gasteiger partial charge in [0.05, 0.1) is 6.10 Å². The fourth-order valence-corrected chi connectivity index (χ4v) is 2.40. The van der Waals surface area contributed by atoms with Gasteiger partial charge in [-0.15, -0.1) is 0 Å². The van der Waals surface area contributed by atoms with Gasteiger partial charge in [-0.2, -0.15) is 11.8 Å².